The number of aromatic nitrogens is 3. The molecule has 2 aromatic heterocycles. The van der Waals surface area contributed by atoms with E-state index < -0.39 is 11.9 Å². The number of nitrogens with zero attached hydrogens (tertiary/aromatic N) is 4. The molecule has 2 aromatic rings. The lowest BCUT2D eigenvalue weighted by atomic mass is 10.2. The normalized spacial score (nSPS) is 11.1. The minimum absolute atomic E-state index is 0.0358. The van der Waals surface area contributed by atoms with Crippen LogP contribution in [-0.4, -0.2) is 28.5 Å². The van der Waals surface area contributed by atoms with Gasteiger partial charge >= 0.3 is 6.18 Å². The summed E-state index contributed by atoms with van der Waals surface area (Å²) in [5, 5.41) is 12.2. The first kappa shape index (κ1) is 16.6. The molecule has 0 aliphatic rings. The molecule has 0 amide bonds. The molecular formula is C14H13F3N4O2. The van der Waals surface area contributed by atoms with E-state index in [-0.39, 0.29) is 30.5 Å². The van der Waals surface area contributed by atoms with Gasteiger partial charge in [-0.15, -0.1) is 0 Å². The van der Waals surface area contributed by atoms with Gasteiger partial charge in [-0.2, -0.15) is 23.5 Å². The summed E-state index contributed by atoms with van der Waals surface area (Å²) in [5.74, 6) is 0.302. The summed E-state index contributed by atoms with van der Waals surface area (Å²) in [4.78, 5) is 3.90. The predicted octanol–water partition coefficient (Wildman–Crippen LogP) is 2.56. The van der Waals surface area contributed by atoms with Gasteiger partial charge in [0.05, 0.1) is 19.2 Å². The smallest absolute Gasteiger partial charge is 0.435 e. The quantitative estimate of drug-likeness (QED) is 0.844. The summed E-state index contributed by atoms with van der Waals surface area (Å²) in [7, 11) is 1.28. The van der Waals surface area contributed by atoms with Crippen LogP contribution in [0.4, 0.5) is 13.2 Å². The molecule has 0 atom stereocenters. The number of ether oxygens (including phenoxy) is 2. The highest BCUT2D eigenvalue weighted by Gasteiger charge is 2.38. The highest BCUT2D eigenvalue weighted by Crippen LogP contribution is 2.34. The average molecular weight is 326 g/mol. The molecule has 0 saturated heterocycles. The summed E-state index contributed by atoms with van der Waals surface area (Å²) >= 11 is 0. The van der Waals surface area contributed by atoms with E-state index in [1.54, 1.807) is 0 Å². The number of pyridine rings is 1. The van der Waals surface area contributed by atoms with Crippen LogP contribution in [0, 0.1) is 18.3 Å². The van der Waals surface area contributed by atoms with E-state index in [0.717, 1.165) is 4.68 Å². The maximum Gasteiger partial charge on any atom is 0.435 e. The van der Waals surface area contributed by atoms with Crippen molar-refractivity contribution in [3.05, 3.63) is 35.2 Å². The molecule has 2 rings (SSSR count). The third kappa shape index (κ3) is 3.71. The zero-order valence-electron chi connectivity index (χ0n) is 12.4. The van der Waals surface area contributed by atoms with E-state index >= 15 is 0 Å². The number of hydrogen-bond acceptors (Lipinski definition) is 5. The van der Waals surface area contributed by atoms with Crippen molar-refractivity contribution in [2.24, 2.45) is 0 Å². The average Bonchev–Trinajstić information content (AvgIpc) is 2.84. The molecule has 0 fully saturated rings. The molecule has 2 heterocycles. The Labute approximate surface area is 130 Å². The van der Waals surface area contributed by atoms with Gasteiger partial charge in [0.25, 0.3) is 0 Å². The topological polar surface area (TPSA) is 73.0 Å². The summed E-state index contributed by atoms with van der Waals surface area (Å²) in [6, 6.07) is 4.95. The van der Waals surface area contributed by atoms with Crippen LogP contribution >= 0.6 is 0 Å². The monoisotopic (exact) mass is 326 g/mol. The van der Waals surface area contributed by atoms with Crippen molar-refractivity contribution in [3.8, 4) is 17.8 Å². The van der Waals surface area contributed by atoms with Crippen molar-refractivity contribution in [2.45, 2.75) is 19.6 Å². The van der Waals surface area contributed by atoms with Crippen LogP contribution in [0.5, 0.6) is 11.8 Å². The van der Waals surface area contributed by atoms with Crippen molar-refractivity contribution >= 4 is 0 Å². The van der Waals surface area contributed by atoms with Crippen molar-refractivity contribution < 1.29 is 22.6 Å². The summed E-state index contributed by atoms with van der Waals surface area (Å²) in [5.41, 5.74) is -0.668. The summed E-state index contributed by atoms with van der Waals surface area (Å²) in [6.07, 6.45) is -3.20. The fourth-order valence-electron chi connectivity index (χ4n) is 1.98. The molecule has 0 bridgehead atoms. The lowest BCUT2D eigenvalue weighted by molar-refractivity contribution is -0.142. The predicted molar refractivity (Wildman–Crippen MR) is 73.0 cm³/mol. The largest absolute Gasteiger partial charge is 0.481 e. The van der Waals surface area contributed by atoms with Gasteiger partial charge in [0.15, 0.2) is 5.69 Å². The lowest BCUT2D eigenvalue weighted by Gasteiger charge is -2.08. The first-order valence-corrected chi connectivity index (χ1v) is 6.54. The van der Waals surface area contributed by atoms with E-state index in [1.807, 2.05) is 6.07 Å². The molecular weight excluding hydrogens is 313 g/mol. The van der Waals surface area contributed by atoms with E-state index in [4.69, 9.17) is 14.7 Å². The van der Waals surface area contributed by atoms with E-state index in [0.29, 0.717) is 5.56 Å². The fraction of sp³-hybridized carbons (Fsp3) is 0.357. The molecule has 0 N–H and O–H groups in total. The summed E-state index contributed by atoms with van der Waals surface area (Å²) in [6.45, 7) is 1.41. The van der Waals surface area contributed by atoms with Gasteiger partial charge in [-0.3, -0.25) is 0 Å². The Kier molecular flexibility index (Phi) is 4.74. The van der Waals surface area contributed by atoms with Crippen LogP contribution in [0.25, 0.3) is 0 Å². The Hall–Kier alpha value is -2.76. The second-order valence-corrected chi connectivity index (χ2v) is 4.55. The molecule has 23 heavy (non-hydrogen) atoms. The van der Waals surface area contributed by atoms with Crippen LogP contribution < -0.4 is 9.47 Å². The number of hydrogen-bond donors (Lipinski definition) is 0. The van der Waals surface area contributed by atoms with Gasteiger partial charge in [-0.1, -0.05) is 0 Å². The SMILES string of the molecule is COc1c(C)c(C(F)(F)F)nn1CCOc1ccc(C#N)cn1. The van der Waals surface area contributed by atoms with Gasteiger partial charge < -0.3 is 9.47 Å². The first-order valence-electron chi connectivity index (χ1n) is 6.54. The highest BCUT2D eigenvalue weighted by atomic mass is 19.4. The zero-order valence-corrected chi connectivity index (χ0v) is 12.4. The van der Waals surface area contributed by atoms with Gasteiger partial charge in [-0.05, 0) is 13.0 Å². The number of rotatable bonds is 5. The second-order valence-electron chi connectivity index (χ2n) is 4.55. The van der Waals surface area contributed by atoms with Gasteiger partial charge in [0.2, 0.25) is 11.8 Å². The van der Waals surface area contributed by atoms with Gasteiger partial charge in [0.1, 0.15) is 12.7 Å². The Morgan fingerprint density at radius 3 is 2.61 bits per heavy atom. The van der Waals surface area contributed by atoms with E-state index in [1.165, 1.54) is 32.4 Å². The maximum absolute atomic E-state index is 12.8. The molecule has 0 aromatic carbocycles. The maximum atomic E-state index is 12.8. The number of methoxy groups -OCH3 is 1. The zero-order chi connectivity index (χ0) is 17.0. The third-order valence-electron chi connectivity index (χ3n) is 3.01. The Bertz CT molecular complexity index is 717. The van der Waals surface area contributed by atoms with Gasteiger partial charge in [0, 0.05) is 17.8 Å². The molecule has 0 aliphatic carbocycles. The minimum atomic E-state index is -4.54. The van der Waals surface area contributed by atoms with Gasteiger partial charge in [-0.25, -0.2) is 9.67 Å². The van der Waals surface area contributed by atoms with Crippen molar-refractivity contribution in [2.75, 3.05) is 13.7 Å². The number of halogens is 3. The van der Waals surface area contributed by atoms with Crippen LogP contribution in [0.1, 0.15) is 16.8 Å². The van der Waals surface area contributed by atoms with Crippen LogP contribution in [-0.2, 0) is 12.7 Å². The standard InChI is InChI=1S/C14H13F3N4O2/c1-9-12(14(15,16)17)20-21(13(9)22-2)5-6-23-11-4-3-10(7-18)8-19-11/h3-4,8H,5-6H2,1-2H3. The Morgan fingerprint density at radius 1 is 1.35 bits per heavy atom. The molecule has 0 unspecified atom stereocenters. The minimum Gasteiger partial charge on any atom is -0.481 e. The number of nitriles is 1. The van der Waals surface area contributed by atoms with E-state index in [9.17, 15) is 13.2 Å². The molecule has 6 nitrogen and oxygen atoms in total. The molecule has 0 spiro atoms. The summed E-state index contributed by atoms with van der Waals surface area (Å²) < 4.78 is 49.9. The van der Waals surface area contributed by atoms with E-state index in [2.05, 4.69) is 10.1 Å². The van der Waals surface area contributed by atoms with Crippen molar-refractivity contribution in [3.63, 3.8) is 0 Å². The number of alkyl halides is 3. The molecule has 0 aliphatic heterocycles. The second kappa shape index (κ2) is 6.56. The molecule has 122 valence electrons. The molecule has 0 radical (unpaired) electrons. The lowest BCUT2D eigenvalue weighted by Crippen LogP contribution is -2.13. The van der Waals surface area contributed by atoms with Crippen molar-refractivity contribution in [1.29, 1.82) is 5.26 Å². The van der Waals surface area contributed by atoms with Crippen LogP contribution in [0.2, 0.25) is 0 Å². The molecule has 0 saturated carbocycles. The van der Waals surface area contributed by atoms with Crippen LogP contribution in [0.15, 0.2) is 18.3 Å². The first-order chi connectivity index (χ1) is 10.9. The van der Waals surface area contributed by atoms with Crippen LogP contribution in [0.3, 0.4) is 0 Å². The Balaban J connectivity index is 2.06. The third-order valence-corrected chi connectivity index (χ3v) is 3.01. The Morgan fingerprint density at radius 2 is 2.09 bits per heavy atom. The fourth-order valence-corrected chi connectivity index (χ4v) is 1.98. The highest BCUT2D eigenvalue weighted by molar-refractivity contribution is 5.32. The molecule has 9 heteroatoms. The van der Waals surface area contributed by atoms with Crippen molar-refractivity contribution in [1.82, 2.24) is 14.8 Å².